The summed E-state index contributed by atoms with van der Waals surface area (Å²) in [5, 5.41) is 11.1. The summed E-state index contributed by atoms with van der Waals surface area (Å²) >= 11 is 0. The van der Waals surface area contributed by atoms with Crippen molar-refractivity contribution in [3.8, 4) is 5.75 Å². The first-order chi connectivity index (χ1) is 16.0. The summed E-state index contributed by atoms with van der Waals surface area (Å²) in [5.74, 6) is -0.742. The maximum atomic E-state index is 13.1. The lowest BCUT2D eigenvalue weighted by molar-refractivity contribution is -0.140. The van der Waals surface area contributed by atoms with Crippen molar-refractivity contribution in [1.82, 2.24) is 14.8 Å². The fourth-order valence-electron chi connectivity index (χ4n) is 3.99. The molecule has 1 fully saturated rings. The highest BCUT2D eigenvalue weighted by atomic mass is 16.5. The van der Waals surface area contributed by atoms with Gasteiger partial charge in [0, 0.05) is 31.0 Å². The number of nitrogens with zero attached hydrogens (tertiary/aromatic N) is 3. The van der Waals surface area contributed by atoms with E-state index in [1.54, 1.807) is 53.7 Å². The lowest BCUT2D eigenvalue weighted by Crippen LogP contribution is -2.38. The van der Waals surface area contributed by atoms with E-state index in [1.165, 1.54) is 0 Å². The number of hydrogen-bond donors (Lipinski definition) is 1. The van der Waals surface area contributed by atoms with Gasteiger partial charge < -0.3 is 19.6 Å². The van der Waals surface area contributed by atoms with Crippen LogP contribution >= 0.6 is 0 Å². The normalized spacial score (nSPS) is 17.7. The van der Waals surface area contributed by atoms with Crippen LogP contribution in [0.5, 0.6) is 5.75 Å². The molecule has 0 saturated carbocycles. The van der Waals surface area contributed by atoms with Crippen LogP contribution in [0.25, 0.3) is 5.76 Å². The molecule has 1 amide bonds. The predicted molar refractivity (Wildman–Crippen MR) is 128 cm³/mol. The number of ether oxygens (including phenoxy) is 1. The molecule has 0 bridgehead atoms. The number of likely N-dealkylation sites (N-methyl/N-ethyl adjacent to an activating group) is 1. The van der Waals surface area contributed by atoms with Crippen LogP contribution in [0.2, 0.25) is 0 Å². The number of carbonyl (C=O) groups is 2. The Bertz CT molecular complexity index is 969. The van der Waals surface area contributed by atoms with Crippen LogP contribution in [-0.4, -0.2) is 64.4 Å². The van der Waals surface area contributed by atoms with Gasteiger partial charge in [0.15, 0.2) is 0 Å². The molecule has 0 radical (unpaired) electrons. The van der Waals surface area contributed by atoms with E-state index in [4.69, 9.17) is 4.74 Å². The predicted octanol–water partition coefficient (Wildman–Crippen LogP) is 4.02. The summed E-state index contributed by atoms with van der Waals surface area (Å²) in [5.41, 5.74) is 1.31. The summed E-state index contributed by atoms with van der Waals surface area (Å²) in [4.78, 5) is 33.9. The zero-order valence-corrected chi connectivity index (χ0v) is 19.7. The lowest BCUT2D eigenvalue weighted by atomic mass is 9.96. The van der Waals surface area contributed by atoms with Crippen molar-refractivity contribution in [2.24, 2.45) is 0 Å². The van der Waals surface area contributed by atoms with Gasteiger partial charge in [0.2, 0.25) is 0 Å². The van der Waals surface area contributed by atoms with Crippen molar-refractivity contribution >= 4 is 17.4 Å². The molecule has 1 aromatic carbocycles. The minimum atomic E-state index is -0.669. The third-order valence-corrected chi connectivity index (χ3v) is 6.01. The quantitative estimate of drug-likeness (QED) is 0.240. The van der Waals surface area contributed by atoms with Crippen molar-refractivity contribution in [1.29, 1.82) is 0 Å². The smallest absolute Gasteiger partial charge is 0.295 e. The van der Waals surface area contributed by atoms with Gasteiger partial charge >= 0.3 is 0 Å². The molecule has 2 aromatic rings. The number of pyridine rings is 1. The first-order valence-corrected chi connectivity index (χ1v) is 11.7. The number of rotatable bonds is 11. The number of aromatic nitrogens is 1. The Kier molecular flexibility index (Phi) is 8.60. The number of aliphatic hydroxyl groups is 1. The molecule has 1 atom stereocenters. The second kappa shape index (κ2) is 11.6. The highest BCUT2D eigenvalue weighted by Gasteiger charge is 2.45. The number of benzene rings is 1. The molecule has 0 unspecified atom stereocenters. The summed E-state index contributed by atoms with van der Waals surface area (Å²) < 4.78 is 5.69. The van der Waals surface area contributed by atoms with E-state index in [2.05, 4.69) is 30.7 Å². The Balaban J connectivity index is 1.96. The average molecular weight is 452 g/mol. The van der Waals surface area contributed by atoms with Crippen molar-refractivity contribution in [2.75, 3.05) is 32.8 Å². The lowest BCUT2D eigenvalue weighted by Gasteiger charge is -2.28. The van der Waals surface area contributed by atoms with Gasteiger partial charge in [-0.25, -0.2) is 0 Å². The van der Waals surface area contributed by atoms with Crippen molar-refractivity contribution in [3.63, 3.8) is 0 Å². The van der Waals surface area contributed by atoms with Gasteiger partial charge in [-0.05, 0) is 61.5 Å². The molecule has 1 N–H and O–H groups in total. The molecule has 33 heavy (non-hydrogen) atoms. The van der Waals surface area contributed by atoms with Crippen molar-refractivity contribution in [3.05, 3.63) is 65.5 Å². The Morgan fingerprint density at radius 1 is 1.06 bits per heavy atom. The van der Waals surface area contributed by atoms with E-state index in [1.807, 2.05) is 0 Å². The molecule has 7 nitrogen and oxygen atoms in total. The second-order valence-electron chi connectivity index (χ2n) is 8.03. The van der Waals surface area contributed by atoms with E-state index in [-0.39, 0.29) is 11.3 Å². The average Bonchev–Trinajstić information content (AvgIpc) is 3.10. The number of aliphatic hydroxyl groups excluding tert-OH is 1. The minimum absolute atomic E-state index is 0.102. The van der Waals surface area contributed by atoms with Gasteiger partial charge in [0.1, 0.15) is 11.5 Å². The number of Topliss-reactive ketones (excluding diaryl/α,β-unsaturated/α-hetero) is 1. The van der Waals surface area contributed by atoms with Crippen molar-refractivity contribution in [2.45, 2.75) is 39.7 Å². The minimum Gasteiger partial charge on any atom is -0.507 e. The van der Waals surface area contributed by atoms with Crippen LogP contribution in [0.3, 0.4) is 0 Å². The standard InChI is InChI=1S/C26H33N3O4/c1-4-7-18-33-21-10-8-20(9-11-21)24(30)22-23(19-12-14-27-15-13-19)29(26(32)25(22)31)17-16-28(5-2)6-3/h8-15,23,30H,4-7,16-18H2,1-3H3/t23-/m1/s1. The number of unbranched alkanes of at least 4 members (excludes halogenated alkanes) is 1. The monoisotopic (exact) mass is 451 g/mol. The number of likely N-dealkylation sites (tertiary alicyclic amines) is 1. The molecule has 7 heteroatoms. The van der Waals surface area contributed by atoms with Crippen LogP contribution < -0.4 is 4.74 Å². The van der Waals surface area contributed by atoms with Gasteiger partial charge in [-0.2, -0.15) is 0 Å². The molecule has 1 saturated heterocycles. The van der Waals surface area contributed by atoms with Crippen LogP contribution in [-0.2, 0) is 9.59 Å². The Labute approximate surface area is 195 Å². The number of amides is 1. The van der Waals surface area contributed by atoms with E-state index in [0.29, 0.717) is 31.0 Å². The molecule has 1 aromatic heterocycles. The van der Waals surface area contributed by atoms with Crippen LogP contribution in [0.4, 0.5) is 0 Å². The summed E-state index contributed by atoms with van der Waals surface area (Å²) in [6, 6.07) is 9.85. The fourth-order valence-corrected chi connectivity index (χ4v) is 3.99. The van der Waals surface area contributed by atoms with Gasteiger partial charge in [-0.1, -0.05) is 27.2 Å². The topological polar surface area (TPSA) is 83.0 Å². The first-order valence-electron chi connectivity index (χ1n) is 11.7. The molecule has 176 valence electrons. The highest BCUT2D eigenvalue weighted by Crippen LogP contribution is 2.39. The van der Waals surface area contributed by atoms with E-state index in [9.17, 15) is 14.7 Å². The maximum absolute atomic E-state index is 13.1. The fraction of sp³-hybridized carbons (Fsp3) is 0.423. The summed E-state index contributed by atoms with van der Waals surface area (Å²) in [7, 11) is 0. The SMILES string of the molecule is CCCCOc1ccc(C(O)=C2C(=O)C(=O)N(CCN(CC)CC)[C@@H]2c2ccncc2)cc1. The first kappa shape index (κ1) is 24.5. The molecule has 2 heterocycles. The zero-order valence-electron chi connectivity index (χ0n) is 19.7. The van der Waals surface area contributed by atoms with E-state index in [0.717, 1.165) is 31.5 Å². The Morgan fingerprint density at radius 3 is 2.33 bits per heavy atom. The van der Waals surface area contributed by atoms with Crippen molar-refractivity contribution < 1.29 is 19.4 Å². The zero-order chi connectivity index (χ0) is 23.8. The summed E-state index contributed by atoms with van der Waals surface area (Å²) in [6.45, 7) is 9.59. The van der Waals surface area contributed by atoms with E-state index >= 15 is 0 Å². The second-order valence-corrected chi connectivity index (χ2v) is 8.03. The van der Waals surface area contributed by atoms with Gasteiger partial charge in [0.25, 0.3) is 11.7 Å². The van der Waals surface area contributed by atoms with Crippen LogP contribution in [0, 0.1) is 0 Å². The number of carbonyl (C=O) groups excluding carboxylic acids is 2. The molecular formula is C26H33N3O4. The molecule has 3 rings (SSSR count). The highest BCUT2D eigenvalue weighted by molar-refractivity contribution is 6.46. The third-order valence-electron chi connectivity index (χ3n) is 6.01. The Hall–Kier alpha value is -3.19. The Morgan fingerprint density at radius 2 is 1.73 bits per heavy atom. The molecule has 1 aliphatic heterocycles. The molecule has 0 spiro atoms. The molecule has 1 aliphatic rings. The van der Waals surface area contributed by atoms with Gasteiger partial charge in [-0.3, -0.25) is 14.6 Å². The number of ketones is 1. The van der Waals surface area contributed by atoms with E-state index < -0.39 is 17.7 Å². The van der Waals surface area contributed by atoms with Crippen LogP contribution in [0.15, 0.2) is 54.4 Å². The van der Waals surface area contributed by atoms with Gasteiger partial charge in [-0.15, -0.1) is 0 Å². The third kappa shape index (κ3) is 5.60. The largest absolute Gasteiger partial charge is 0.507 e. The molecular weight excluding hydrogens is 418 g/mol. The summed E-state index contributed by atoms with van der Waals surface area (Å²) in [6.07, 6.45) is 5.26. The maximum Gasteiger partial charge on any atom is 0.295 e. The van der Waals surface area contributed by atoms with Crippen LogP contribution in [0.1, 0.15) is 50.8 Å². The number of hydrogen-bond acceptors (Lipinski definition) is 6. The van der Waals surface area contributed by atoms with Gasteiger partial charge in [0.05, 0.1) is 18.2 Å². The molecule has 0 aliphatic carbocycles.